The van der Waals surface area contributed by atoms with E-state index < -0.39 is 0 Å². The van der Waals surface area contributed by atoms with Gasteiger partial charge in [0, 0.05) is 13.1 Å². The Kier molecular flexibility index (Phi) is 3.99. The summed E-state index contributed by atoms with van der Waals surface area (Å²) in [4.78, 5) is 7.23. The zero-order valence-corrected chi connectivity index (χ0v) is 13.0. The first kappa shape index (κ1) is 13.9. The summed E-state index contributed by atoms with van der Waals surface area (Å²) in [6, 6.07) is 8.34. The average Bonchev–Trinajstić information content (AvgIpc) is 3.04. The van der Waals surface area contributed by atoms with Gasteiger partial charge in [-0.3, -0.25) is 0 Å². The molecule has 0 amide bonds. The number of alkyl halides is 1. The third-order valence-corrected chi connectivity index (χ3v) is 4.49. The monoisotopic (exact) mass is 291 g/mol. The summed E-state index contributed by atoms with van der Waals surface area (Å²) in [5.41, 5.74) is 2.27. The van der Waals surface area contributed by atoms with Crippen molar-refractivity contribution in [2.24, 2.45) is 5.92 Å². The molecule has 2 aromatic rings. The Bertz CT molecular complexity index is 590. The number of hydrogen-bond acceptors (Lipinski definition) is 2. The van der Waals surface area contributed by atoms with Crippen LogP contribution in [0.4, 0.5) is 0 Å². The van der Waals surface area contributed by atoms with Crippen LogP contribution in [0.1, 0.15) is 31.5 Å². The van der Waals surface area contributed by atoms with Gasteiger partial charge in [0.2, 0.25) is 0 Å². The fourth-order valence-corrected chi connectivity index (χ4v) is 3.36. The number of fused-ring (bicyclic) bond motifs is 1. The standard InChI is InChI=1S/C16H22ClN3/c1-3-19-9-8-13(10-19)11-20-15-7-5-4-6-14(15)18-16(20)12(2)17/h4-7,12-13H,3,8-11H2,1-2H3. The van der Waals surface area contributed by atoms with Gasteiger partial charge in [-0.1, -0.05) is 19.1 Å². The van der Waals surface area contributed by atoms with Crippen LogP contribution in [0, 0.1) is 5.92 Å². The second-order valence-corrected chi connectivity index (χ2v) is 6.39. The third kappa shape index (κ3) is 2.57. The summed E-state index contributed by atoms with van der Waals surface area (Å²) in [5.74, 6) is 1.71. The smallest absolute Gasteiger partial charge is 0.127 e. The molecule has 4 heteroatoms. The SMILES string of the molecule is CCN1CCC(Cn2c(C(C)Cl)nc3ccccc32)C1. The number of benzene rings is 1. The molecule has 1 aliphatic heterocycles. The van der Waals surface area contributed by atoms with Gasteiger partial charge < -0.3 is 9.47 Å². The minimum atomic E-state index is -0.0499. The number of likely N-dealkylation sites (tertiary alicyclic amines) is 1. The van der Waals surface area contributed by atoms with Crippen molar-refractivity contribution in [2.75, 3.05) is 19.6 Å². The predicted octanol–water partition coefficient (Wildman–Crippen LogP) is 3.68. The first-order valence-corrected chi connectivity index (χ1v) is 7.94. The van der Waals surface area contributed by atoms with Crippen LogP contribution < -0.4 is 0 Å². The van der Waals surface area contributed by atoms with Crippen LogP contribution in [0.15, 0.2) is 24.3 Å². The van der Waals surface area contributed by atoms with Crippen LogP contribution in [0.25, 0.3) is 11.0 Å². The van der Waals surface area contributed by atoms with Crippen molar-refractivity contribution in [1.82, 2.24) is 14.5 Å². The van der Waals surface area contributed by atoms with Crippen molar-refractivity contribution in [1.29, 1.82) is 0 Å². The number of aromatic nitrogens is 2. The maximum absolute atomic E-state index is 6.33. The zero-order chi connectivity index (χ0) is 14.1. The minimum absolute atomic E-state index is 0.0499. The molecule has 1 fully saturated rings. The molecule has 1 saturated heterocycles. The minimum Gasteiger partial charge on any atom is -0.326 e. The summed E-state index contributed by atoms with van der Waals surface area (Å²) in [6.07, 6.45) is 1.27. The lowest BCUT2D eigenvalue weighted by molar-refractivity contribution is 0.332. The lowest BCUT2D eigenvalue weighted by atomic mass is 10.1. The first-order valence-electron chi connectivity index (χ1n) is 7.50. The normalized spacial score (nSPS) is 21.6. The van der Waals surface area contributed by atoms with Gasteiger partial charge in [-0.05, 0) is 44.5 Å². The molecule has 2 atom stereocenters. The molecule has 1 aromatic heterocycles. The number of imidazole rings is 1. The fourth-order valence-electron chi connectivity index (χ4n) is 3.20. The largest absolute Gasteiger partial charge is 0.326 e. The van der Waals surface area contributed by atoms with Gasteiger partial charge in [0.15, 0.2) is 0 Å². The topological polar surface area (TPSA) is 21.1 Å². The van der Waals surface area contributed by atoms with Crippen molar-refractivity contribution >= 4 is 22.6 Å². The van der Waals surface area contributed by atoms with E-state index in [9.17, 15) is 0 Å². The molecule has 0 N–H and O–H groups in total. The number of hydrogen-bond donors (Lipinski definition) is 0. The van der Waals surface area contributed by atoms with Gasteiger partial charge in [-0.25, -0.2) is 4.98 Å². The number of para-hydroxylation sites is 2. The molecular formula is C16H22ClN3. The van der Waals surface area contributed by atoms with E-state index >= 15 is 0 Å². The number of halogens is 1. The fraction of sp³-hybridized carbons (Fsp3) is 0.562. The molecule has 0 radical (unpaired) electrons. The van der Waals surface area contributed by atoms with Crippen molar-refractivity contribution < 1.29 is 0 Å². The summed E-state index contributed by atoms with van der Waals surface area (Å²) in [7, 11) is 0. The van der Waals surface area contributed by atoms with E-state index in [2.05, 4.69) is 34.6 Å². The molecule has 0 spiro atoms. The molecule has 0 saturated carbocycles. The predicted molar refractivity (Wildman–Crippen MR) is 84.2 cm³/mol. The third-order valence-electron chi connectivity index (χ3n) is 4.30. The van der Waals surface area contributed by atoms with Gasteiger partial charge in [0.1, 0.15) is 5.82 Å². The van der Waals surface area contributed by atoms with E-state index in [4.69, 9.17) is 16.6 Å². The quantitative estimate of drug-likeness (QED) is 0.801. The average molecular weight is 292 g/mol. The van der Waals surface area contributed by atoms with E-state index in [-0.39, 0.29) is 5.38 Å². The molecule has 108 valence electrons. The second-order valence-electron chi connectivity index (χ2n) is 5.73. The van der Waals surface area contributed by atoms with E-state index in [1.54, 1.807) is 0 Å². The Morgan fingerprint density at radius 1 is 1.40 bits per heavy atom. The number of rotatable bonds is 4. The van der Waals surface area contributed by atoms with Gasteiger partial charge in [0.05, 0.1) is 16.4 Å². The molecule has 20 heavy (non-hydrogen) atoms. The molecule has 1 aliphatic rings. The Hall–Kier alpha value is -1.06. The van der Waals surface area contributed by atoms with E-state index in [0.717, 1.165) is 24.4 Å². The second kappa shape index (κ2) is 5.74. The molecule has 0 aliphatic carbocycles. The molecule has 2 heterocycles. The Morgan fingerprint density at radius 3 is 2.90 bits per heavy atom. The maximum atomic E-state index is 6.33. The van der Waals surface area contributed by atoms with Crippen molar-refractivity contribution in [3.05, 3.63) is 30.1 Å². The molecule has 2 unspecified atom stereocenters. The highest BCUT2D eigenvalue weighted by Gasteiger charge is 2.24. The Labute approximate surface area is 125 Å². The van der Waals surface area contributed by atoms with Crippen LogP contribution >= 0.6 is 11.6 Å². The lowest BCUT2D eigenvalue weighted by Crippen LogP contribution is -2.21. The molecule has 3 nitrogen and oxygen atoms in total. The van der Waals surface area contributed by atoms with Crippen LogP contribution in [-0.4, -0.2) is 34.1 Å². The van der Waals surface area contributed by atoms with Crippen molar-refractivity contribution in [3.63, 3.8) is 0 Å². The number of nitrogens with zero attached hydrogens (tertiary/aromatic N) is 3. The van der Waals surface area contributed by atoms with E-state index in [0.29, 0.717) is 5.92 Å². The Balaban J connectivity index is 1.91. The summed E-state index contributed by atoms with van der Waals surface area (Å²) >= 11 is 6.33. The van der Waals surface area contributed by atoms with Crippen LogP contribution in [-0.2, 0) is 6.54 Å². The highest BCUT2D eigenvalue weighted by Crippen LogP contribution is 2.27. The maximum Gasteiger partial charge on any atom is 0.127 e. The van der Waals surface area contributed by atoms with Gasteiger partial charge in [-0.2, -0.15) is 0 Å². The summed E-state index contributed by atoms with van der Waals surface area (Å²) in [6.45, 7) is 8.84. The van der Waals surface area contributed by atoms with Crippen LogP contribution in [0.3, 0.4) is 0 Å². The highest BCUT2D eigenvalue weighted by molar-refractivity contribution is 6.20. The van der Waals surface area contributed by atoms with E-state index in [1.165, 1.54) is 25.0 Å². The van der Waals surface area contributed by atoms with E-state index in [1.807, 2.05) is 13.0 Å². The van der Waals surface area contributed by atoms with Gasteiger partial charge in [0.25, 0.3) is 0 Å². The molecule has 0 bridgehead atoms. The lowest BCUT2D eigenvalue weighted by Gasteiger charge is -2.16. The highest BCUT2D eigenvalue weighted by atomic mass is 35.5. The van der Waals surface area contributed by atoms with Crippen LogP contribution in [0.5, 0.6) is 0 Å². The Morgan fingerprint density at radius 2 is 2.20 bits per heavy atom. The molecule has 3 rings (SSSR count). The first-order chi connectivity index (χ1) is 9.69. The molecule has 1 aromatic carbocycles. The van der Waals surface area contributed by atoms with Gasteiger partial charge in [-0.15, -0.1) is 11.6 Å². The van der Waals surface area contributed by atoms with Crippen molar-refractivity contribution in [3.8, 4) is 0 Å². The zero-order valence-electron chi connectivity index (χ0n) is 12.2. The summed E-state index contributed by atoms with van der Waals surface area (Å²) in [5, 5.41) is -0.0499. The van der Waals surface area contributed by atoms with Crippen LogP contribution in [0.2, 0.25) is 0 Å². The summed E-state index contributed by atoms with van der Waals surface area (Å²) < 4.78 is 2.33. The van der Waals surface area contributed by atoms with Crippen molar-refractivity contribution in [2.45, 2.75) is 32.2 Å². The van der Waals surface area contributed by atoms with Gasteiger partial charge >= 0.3 is 0 Å². The molecular weight excluding hydrogens is 270 g/mol.